The molecule has 0 radical (unpaired) electrons. The fraction of sp³-hybridized carbons (Fsp3) is 0.333. The summed E-state index contributed by atoms with van der Waals surface area (Å²) in [6.07, 6.45) is 2.11. The second-order valence-electron chi connectivity index (χ2n) is 3.77. The number of aromatic nitrogens is 1. The van der Waals surface area contributed by atoms with E-state index >= 15 is 0 Å². The summed E-state index contributed by atoms with van der Waals surface area (Å²) >= 11 is 0. The van der Waals surface area contributed by atoms with Crippen molar-refractivity contribution in [1.29, 1.82) is 0 Å². The van der Waals surface area contributed by atoms with Crippen molar-refractivity contribution < 1.29 is 4.84 Å². The Kier molecular flexibility index (Phi) is 2.75. The lowest BCUT2D eigenvalue weighted by Gasteiger charge is -2.00. The molecule has 0 bridgehead atoms. The number of nitrogens with two attached hydrogens (primary N) is 1. The average molecular weight is 204 g/mol. The van der Waals surface area contributed by atoms with Crippen LogP contribution in [0.15, 0.2) is 24.4 Å². The molecule has 0 saturated carbocycles. The minimum absolute atomic E-state index is 0.465. The Hall–Kier alpha value is -1.32. The normalized spacial score (nSPS) is 11.1. The van der Waals surface area contributed by atoms with E-state index < -0.39 is 0 Å². The van der Waals surface area contributed by atoms with Crippen LogP contribution in [0.4, 0.5) is 0 Å². The zero-order chi connectivity index (χ0) is 10.8. The van der Waals surface area contributed by atoms with E-state index in [1.807, 2.05) is 0 Å². The zero-order valence-electron chi connectivity index (χ0n) is 9.16. The summed E-state index contributed by atoms with van der Waals surface area (Å²) in [5.41, 5.74) is 3.66. The lowest BCUT2D eigenvalue weighted by molar-refractivity contribution is 0.125. The number of hydrogen-bond acceptors (Lipinski definition) is 2. The highest BCUT2D eigenvalue weighted by Crippen LogP contribution is 2.23. The van der Waals surface area contributed by atoms with Crippen molar-refractivity contribution in [3.8, 4) is 0 Å². The van der Waals surface area contributed by atoms with Gasteiger partial charge in [0.2, 0.25) is 0 Å². The average Bonchev–Trinajstić information content (AvgIpc) is 2.57. The van der Waals surface area contributed by atoms with Crippen LogP contribution >= 0.6 is 0 Å². The van der Waals surface area contributed by atoms with E-state index in [4.69, 9.17) is 10.7 Å². The Morgan fingerprint density at radius 3 is 2.87 bits per heavy atom. The minimum atomic E-state index is 0.465. The Bertz CT molecular complexity index is 474. The zero-order valence-corrected chi connectivity index (χ0v) is 9.16. The third-order valence-corrected chi connectivity index (χ3v) is 2.70. The van der Waals surface area contributed by atoms with Gasteiger partial charge in [-0.1, -0.05) is 11.6 Å². The van der Waals surface area contributed by atoms with Crippen molar-refractivity contribution in [1.82, 2.24) is 4.57 Å². The Morgan fingerprint density at radius 1 is 1.40 bits per heavy atom. The van der Waals surface area contributed by atoms with E-state index in [1.54, 1.807) is 0 Å². The van der Waals surface area contributed by atoms with Gasteiger partial charge in [0.25, 0.3) is 0 Å². The molecular weight excluding hydrogens is 188 g/mol. The maximum absolute atomic E-state index is 5.13. The van der Waals surface area contributed by atoms with Crippen molar-refractivity contribution >= 4 is 10.9 Å². The highest BCUT2D eigenvalue weighted by Gasteiger charge is 2.07. The van der Waals surface area contributed by atoms with E-state index in [9.17, 15) is 0 Å². The molecular formula is C12H16N2O. The second-order valence-corrected chi connectivity index (χ2v) is 3.77. The Morgan fingerprint density at radius 2 is 2.20 bits per heavy atom. The van der Waals surface area contributed by atoms with E-state index in [2.05, 4.69) is 42.8 Å². The molecule has 0 aliphatic rings. The first-order valence-electron chi connectivity index (χ1n) is 5.16. The molecule has 0 saturated heterocycles. The molecule has 0 atom stereocenters. The molecule has 3 heteroatoms. The highest BCUT2D eigenvalue weighted by atomic mass is 16.6. The van der Waals surface area contributed by atoms with Gasteiger partial charge in [-0.15, -0.1) is 0 Å². The predicted molar refractivity (Wildman–Crippen MR) is 61.3 cm³/mol. The Balaban J connectivity index is 2.64. The molecule has 0 amide bonds. The van der Waals surface area contributed by atoms with E-state index in [1.165, 1.54) is 16.5 Å². The Labute approximate surface area is 89.4 Å². The molecule has 1 aromatic carbocycles. The van der Waals surface area contributed by atoms with Gasteiger partial charge in [-0.05, 0) is 26.0 Å². The summed E-state index contributed by atoms with van der Waals surface area (Å²) < 4.78 is 2.21. The van der Waals surface area contributed by atoms with Crippen LogP contribution in [0.1, 0.15) is 18.1 Å². The quantitative estimate of drug-likeness (QED) is 0.780. The first-order valence-corrected chi connectivity index (χ1v) is 5.16. The first kappa shape index (κ1) is 10.2. The number of aryl methyl sites for hydroxylation is 2. The predicted octanol–water partition coefficient (Wildman–Crippen LogP) is 2.36. The summed E-state index contributed by atoms with van der Waals surface area (Å²) in [6.45, 7) is 5.65. The number of fused-ring (bicyclic) bond motifs is 1. The standard InChI is InChI=1S/C12H16N2O/c1-3-14-7-10(8-15-13)11-6-9(2)4-5-12(11)14/h4-7H,3,8,13H2,1-2H3. The molecule has 0 unspecified atom stereocenters. The van der Waals surface area contributed by atoms with Crippen LogP contribution in [-0.2, 0) is 18.0 Å². The third-order valence-electron chi connectivity index (χ3n) is 2.70. The maximum Gasteiger partial charge on any atom is 0.0950 e. The van der Waals surface area contributed by atoms with Crippen LogP contribution in [0.5, 0.6) is 0 Å². The molecule has 0 aliphatic heterocycles. The summed E-state index contributed by atoms with van der Waals surface area (Å²) in [5.74, 6) is 5.13. The third kappa shape index (κ3) is 1.76. The summed E-state index contributed by atoms with van der Waals surface area (Å²) in [4.78, 5) is 4.72. The van der Waals surface area contributed by atoms with Gasteiger partial charge in [-0.2, -0.15) is 0 Å². The lowest BCUT2D eigenvalue weighted by atomic mass is 10.1. The molecule has 2 N–H and O–H groups in total. The molecule has 2 rings (SSSR count). The fourth-order valence-electron chi connectivity index (χ4n) is 1.95. The molecule has 0 fully saturated rings. The topological polar surface area (TPSA) is 40.2 Å². The SMILES string of the molecule is CCn1cc(CON)c2cc(C)ccc21. The van der Waals surface area contributed by atoms with Gasteiger partial charge in [-0.25, -0.2) is 5.90 Å². The highest BCUT2D eigenvalue weighted by molar-refractivity contribution is 5.84. The molecule has 80 valence electrons. The van der Waals surface area contributed by atoms with Gasteiger partial charge in [0.1, 0.15) is 0 Å². The molecule has 0 spiro atoms. The van der Waals surface area contributed by atoms with Crippen molar-refractivity contribution in [3.63, 3.8) is 0 Å². The molecule has 2 aromatic rings. The summed E-state index contributed by atoms with van der Waals surface area (Å²) in [7, 11) is 0. The second kappa shape index (κ2) is 4.04. The van der Waals surface area contributed by atoms with Crippen LogP contribution in [0.25, 0.3) is 10.9 Å². The number of benzene rings is 1. The van der Waals surface area contributed by atoms with Gasteiger partial charge in [-0.3, -0.25) is 4.84 Å². The van der Waals surface area contributed by atoms with Gasteiger partial charge in [0.15, 0.2) is 0 Å². The number of hydrogen-bond donors (Lipinski definition) is 1. The van der Waals surface area contributed by atoms with Crippen molar-refractivity contribution in [2.75, 3.05) is 0 Å². The van der Waals surface area contributed by atoms with E-state index in [0.717, 1.165) is 12.1 Å². The minimum Gasteiger partial charge on any atom is -0.347 e. The van der Waals surface area contributed by atoms with Crippen LogP contribution in [0.2, 0.25) is 0 Å². The van der Waals surface area contributed by atoms with Crippen molar-refractivity contribution in [3.05, 3.63) is 35.5 Å². The monoisotopic (exact) mass is 204 g/mol. The van der Waals surface area contributed by atoms with Crippen molar-refractivity contribution in [2.24, 2.45) is 5.90 Å². The van der Waals surface area contributed by atoms with Gasteiger partial charge < -0.3 is 4.57 Å². The number of nitrogens with zero attached hydrogens (tertiary/aromatic N) is 1. The maximum atomic E-state index is 5.13. The molecule has 1 heterocycles. The summed E-state index contributed by atoms with van der Waals surface area (Å²) in [6, 6.07) is 6.45. The van der Waals surface area contributed by atoms with Crippen LogP contribution < -0.4 is 5.90 Å². The number of rotatable bonds is 3. The largest absolute Gasteiger partial charge is 0.347 e. The fourth-order valence-corrected chi connectivity index (χ4v) is 1.95. The van der Waals surface area contributed by atoms with Crippen LogP contribution in [0.3, 0.4) is 0 Å². The lowest BCUT2D eigenvalue weighted by Crippen LogP contribution is -1.98. The van der Waals surface area contributed by atoms with Crippen LogP contribution in [-0.4, -0.2) is 4.57 Å². The van der Waals surface area contributed by atoms with E-state index in [0.29, 0.717) is 6.61 Å². The smallest absolute Gasteiger partial charge is 0.0950 e. The van der Waals surface area contributed by atoms with E-state index in [-0.39, 0.29) is 0 Å². The first-order chi connectivity index (χ1) is 7.26. The molecule has 15 heavy (non-hydrogen) atoms. The van der Waals surface area contributed by atoms with Crippen molar-refractivity contribution in [2.45, 2.75) is 27.0 Å². The van der Waals surface area contributed by atoms with Gasteiger partial charge >= 0.3 is 0 Å². The van der Waals surface area contributed by atoms with Gasteiger partial charge in [0, 0.05) is 29.2 Å². The molecule has 1 aromatic heterocycles. The molecule has 0 aliphatic carbocycles. The molecule has 3 nitrogen and oxygen atoms in total. The summed E-state index contributed by atoms with van der Waals surface area (Å²) in [5, 5.41) is 1.24. The van der Waals surface area contributed by atoms with Gasteiger partial charge in [0.05, 0.1) is 6.61 Å². The van der Waals surface area contributed by atoms with Crippen LogP contribution in [0, 0.1) is 6.92 Å².